The van der Waals surface area contributed by atoms with Crippen molar-refractivity contribution in [3.8, 4) is 0 Å². The summed E-state index contributed by atoms with van der Waals surface area (Å²) in [7, 11) is 0. The molecule has 0 saturated carbocycles. The van der Waals surface area contributed by atoms with E-state index in [2.05, 4.69) is 83.1 Å². The minimum absolute atomic E-state index is 0. The molecule has 0 aliphatic rings. The minimum Gasteiger partial charge on any atom is -0.0597 e. The molecule has 0 atom stereocenters. The zero-order chi connectivity index (χ0) is 14.3. The molecule has 0 saturated heterocycles. The van der Waals surface area contributed by atoms with Crippen molar-refractivity contribution in [3.05, 3.63) is 23.7 Å². The normalized spacial score (nSPS) is 8.00. The molecule has 12 radical (unpaired) electrons. The van der Waals surface area contributed by atoms with Crippen molar-refractivity contribution in [1.82, 2.24) is 0 Å². The van der Waals surface area contributed by atoms with Crippen molar-refractivity contribution in [3.63, 3.8) is 0 Å². The maximum atomic E-state index is 2.08. The van der Waals surface area contributed by atoms with Crippen LogP contribution in [-0.2, 0) is 0 Å². The monoisotopic (exact) mass is 472 g/mol. The zero-order valence-corrected chi connectivity index (χ0v) is 20.7. The van der Waals surface area contributed by atoms with E-state index in [0.29, 0.717) is 0 Å². The summed E-state index contributed by atoms with van der Waals surface area (Å²) >= 11 is 0. The molecule has 0 aliphatic carbocycles. The van der Waals surface area contributed by atoms with Crippen LogP contribution in [0.5, 0.6) is 0 Å². The summed E-state index contributed by atoms with van der Waals surface area (Å²) in [5, 5.41) is 0. The fraction of sp³-hybridized carbons (Fsp3) is 0.750. The molecule has 0 rings (SSSR count). The Morgan fingerprint density at radius 1 is 0.333 bits per heavy atom. The third-order valence-electron chi connectivity index (χ3n) is 0. The van der Waals surface area contributed by atoms with Gasteiger partial charge in [0.2, 0.25) is 0 Å². The van der Waals surface area contributed by atoms with Crippen molar-refractivity contribution in [2.75, 3.05) is 0 Å². The molecule has 0 aromatic rings. The van der Waals surface area contributed by atoms with Crippen molar-refractivity contribution >= 4 is 47.8 Å². The van der Waals surface area contributed by atoms with Crippen molar-refractivity contribution < 1.29 is 2.85 Å². The average molecular weight is 470 g/mol. The molecule has 0 aliphatic heterocycles. The first-order chi connectivity index (χ1) is 6.93. The fourth-order valence-corrected chi connectivity index (χ4v) is 0. The van der Waals surface area contributed by atoms with Gasteiger partial charge in [0, 0.05) is 50.7 Å². The SMILES string of the molecule is C[C](C)C.C[C](C)C.C[C](C)C.C[C](C)C.[HH].[HH].[Sn].[Sn]. The molecule has 0 N–H and O–H groups in total. The minimum atomic E-state index is 0. The maximum absolute atomic E-state index is 2.08. The summed E-state index contributed by atoms with van der Waals surface area (Å²) in [5.74, 6) is 5.67. The van der Waals surface area contributed by atoms with Crippen LogP contribution in [0, 0.1) is 23.7 Å². The third kappa shape index (κ3) is 1900. The van der Waals surface area contributed by atoms with Gasteiger partial charge in [-0.05, 0) is 23.7 Å². The van der Waals surface area contributed by atoms with Crippen LogP contribution < -0.4 is 0 Å². The van der Waals surface area contributed by atoms with E-state index in [1.165, 1.54) is 23.7 Å². The van der Waals surface area contributed by atoms with Crippen LogP contribution in [-0.4, -0.2) is 47.8 Å². The van der Waals surface area contributed by atoms with Crippen LogP contribution in [0.2, 0.25) is 0 Å². The Balaban J connectivity index is -0.0000000150. The predicted molar refractivity (Wildman–Crippen MR) is 96.8 cm³/mol. The van der Waals surface area contributed by atoms with Gasteiger partial charge >= 0.3 is 0 Å². The van der Waals surface area contributed by atoms with E-state index in [9.17, 15) is 0 Å². The van der Waals surface area contributed by atoms with Crippen LogP contribution >= 0.6 is 0 Å². The van der Waals surface area contributed by atoms with Gasteiger partial charge in [-0.3, -0.25) is 0 Å². The van der Waals surface area contributed by atoms with Crippen molar-refractivity contribution in [1.29, 1.82) is 0 Å². The summed E-state index contributed by atoms with van der Waals surface area (Å²) in [4.78, 5) is 0. The first kappa shape index (κ1) is 36.7. The van der Waals surface area contributed by atoms with Gasteiger partial charge in [-0.1, -0.05) is 83.1 Å². The van der Waals surface area contributed by atoms with Gasteiger partial charge in [-0.2, -0.15) is 0 Å². The summed E-state index contributed by atoms with van der Waals surface area (Å²) in [6.45, 7) is 25.0. The molecule has 18 heavy (non-hydrogen) atoms. The van der Waals surface area contributed by atoms with Gasteiger partial charge in [0.1, 0.15) is 0 Å². The Labute approximate surface area is 156 Å². The molecule has 0 amide bonds. The Hall–Kier alpha value is 1.60. The van der Waals surface area contributed by atoms with Crippen LogP contribution in [0.15, 0.2) is 0 Å². The summed E-state index contributed by atoms with van der Waals surface area (Å²) in [6.07, 6.45) is 0. The summed E-state index contributed by atoms with van der Waals surface area (Å²) < 4.78 is 0. The first-order valence-corrected chi connectivity index (χ1v) is 6.00. The third-order valence-corrected chi connectivity index (χ3v) is 0. The number of hydrogen-bond donors (Lipinski definition) is 0. The largest absolute Gasteiger partial charge is 0.0597 e. The molecule has 0 aromatic carbocycles. The van der Waals surface area contributed by atoms with Crippen molar-refractivity contribution in [2.24, 2.45) is 0 Å². The average Bonchev–Trinajstić information content (AvgIpc) is 1.76. The molecule has 0 bridgehead atoms. The molecular formula is C16H40Sn2. The van der Waals surface area contributed by atoms with Gasteiger partial charge in [0.05, 0.1) is 0 Å². The summed E-state index contributed by atoms with van der Waals surface area (Å²) in [5.41, 5.74) is 0. The van der Waals surface area contributed by atoms with E-state index in [4.69, 9.17) is 0 Å². The smallest absolute Gasteiger partial charge is 0 e. The molecule has 112 valence electrons. The van der Waals surface area contributed by atoms with Crippen LogP contribution in [0.4, 0.5) is 0 Å². The van der Waals surface area contributed by atoms with Crippen LogP contribution in [0.3, 0.4) is 0 Å². The molecular weight excluding hydrogens is 430 g/mol. The second kappa shape index (κ2) is 31.1. The molecule has 0 spiro atoms. The molecule has 0 nitrogen and oxygen atoms in total. The van der Waals surface area contributed by atoms with Crippen LogP contribution in [0.25, 0.3) is 0 Å². The number of hydrogen-bond acceptors (Lipinski definition) is 0. The molecule has 2 heteroatoms. The standard InChI is InChI=1S/4C4H9.2Sn.2H2/c4*1-4(2)3;;;;/h4*1-3H3;;;2*1H. The Morgan fingerprint density at radius 3 is 0.333 bits per heavy atom. The fourth-order valence-electron chi connectivity index (χ4n) is 0. The van der Waals surface area contributed by atoms with Gasteiger partial charge in [0.25, 0.3) is 0 Å². The molecule has 0 aromatic heterocycles. The Morgan fingerprint density at radius 2 is 0.333 bits per heavy atom. The Kier molecular flexibility index (Phi) is 63.4. The second-order valence-corrected chi connectivity index (χ2v) is 6.00. The van der Waals surface area contributed by atoms with Crippen LogP contribution in [0.1, 0.15) is 85.9 Å². The first-order valence-electron chi connectivity index (χ1n) is 6.00. The van der Waals surface area contributed by atoms with E-state index in [-0.39, 0.29) is 50.7 Å². The van der Waals surface area contributed by atoms with E-state index < -0.39 is 0 Å². The maximum Gasteiger partial charge on any atom is 0 e. The number of rotatable bonds is 0. The van der Waals surface area contributed by atoms with E-state index in [1.807, 2.05) is 0 Å². The molecule has 0 heterocycles. The topological polar surface area (TPSA) is 0 Å². The second-order valence-electron chi connectivity index (χ2n) is 6.00. The van der Waals surface area contributed by atoms with Gasteiger partial charge < -0.3 is 0 Å². The Bertz CT molecular complexity index is 61.5. The van der Waals surface area contributed by atoms with E-state index >= 15 is 0 Å². The molecule has 0 fully saturated rings. The van der Waals surface area contributed by atoms with Gasteiger partial charge in [-0.25, -0.2) is 0 Å². The van der Waals surface area contributed by atoms with Gasteiger partial charge in [0.15, 0.2) is 0 Å². The van der Waals surface area contributed by atoms with Crippen molar-refractivity contribution in [2.45, 2.75) is 83.1 Å². The van der Waals surface area contributed by atoms with E-state index in [0.717, 1.165) is 0 Å². The summed E-state index contributed by atoms with van der Waals surface area (Å²) in [6, 6.07) is 0. The zero-order valence-electron chi connectivity index (χ0n) is 15.0. The quantitative estimate of drug-likeness (QED) is 0.370. The van der Waals surface area contributed by atoms with Gasteiger partial charge in [-0.15, -0.1) is 0 Å². The molecule has 0 unspecified atom stereocenters. The predicted octanol–water partition coefficient (Wildman–Crippen LogP) is 6.21. The van der Waals surface area contributed by atoms with E-state index in [1.54, 1.807) is 0 Å².